The van der Waals surface area contributed by atoms with Gasteiger partial charge in [-0.15, -0.1) is 5.10 Å². The Morgan fingerprint density at radius 3 is 2.50 bits per heavy atom. The number of aromatic nitrogens is 3. The van der Waals surface area contributed by atoms with E-state index in [-0.39, 0.29) is 22.6 Å². The highest BCUT2D eigenvalue weighted by Gasteiger charge is 2.13. The van der Waals surface area contributed by atoms with Crippen molar-refractivity contribution in [3.05, 3.63) is 66.5 Å². The minimum Gasteiger partial charge on any atom is -0.349 e. The molecule has 0 saturated carbocycles. The van der Waals surface area contributed by atoms with Crippen molar-refractivity contribution >= 4 is 27.7 Å². The predicted molar refractivity (Wildman–Crippen MR) is 106 cm³/mol. The molecule has 0 aliphatic carbocycles. The Morgan fingerprint density at radius 2 is 1.86 bits per heavy atom. The summed E-state index contributed by atoms with van der Waals surface area (Å²) in [6.45, 7) is 1.82. The van der Waals surface area contributed by atoms with Crippen LogP contribution in [0.5, 0.6) is 0 Å². The molecule has 1 aromatic heterocycles. The Balaban J connectivity index is 1.54. The maximum absolute atomic E-state index is 12.2. The van der Waals surface area contributed by atoms with Crippen molar-refractivity contribution in [2.75, 3.05) is 5.75 Å². The maximum atomic E-state index is 12.2. The summed E-state index contributed by atoms with van der Waals surface area (Å²) in [5, 5.41) is 12.8. The number of hydrogen-bond donors (Lipinski definition) is 2. The molecule has 1 amide bonds. The zero-order valence-electron chi connectivity index (χ0n) is 15.0. The second kappa shape index (κ2) is 8.55. The number of nitrogens with two attached hydrogens (primary N) is 1. The van der Waals surface area contributed by atoms with E-state index < -0.39 is 10.0 Å². The molecule has 28 heavy (non-hydrogen) atoms. The number of thioether (sulfide) groups is 1. The number of hydrogen-bond acceptors (Lipinski definition) is 6. The van der Waals surface area contributed by atoms with Crippen molar-refractivity contribution < 1.29 is 13.2 Å². The molecule has 0 spiro atoms. The standard InChI is InChI=1S/C18H19N5O3S2/c1-13(14-7-9-16(10-8-14)28(19,25)26)21-17(24)11-27-18-20-12-23(22-18)15-5-3-2-4-6-15/h2-10,12-13H,11H2,1H3,(H,21,24)(H2,19,25,26). The van der Waals surface area contributed by atoms with E-state index in [2.05, 4.69) is 15.4 Å². The van der Waals surface area contributed by atoms with Gasteiger partial charge in [0.1, 0.15) is 6.33 Å². The molecule has 0 saturated heterocycles. The molecule has 3 N–H and O–H groups in total. The topological polar surface area (TPSA) is 120 Å². The number of nitrogens with zero attached hydrogens (tertiary/aromatic N) is 3. The van der Waals surface area contributed by atoms with Crippen LogP contribution >= 0.6 is 11.8 Å². The first kappa shape index (κ1) is 20.1. The van der Waals surface area contributed by atoms with Gasteiger partial charge in [-0.1, -0.05) is 42.1 Å². The number of rotatable bonds is 7. The van der Waals surface area contributed by atoms with Gasteiger partial charge in [-0.05, 0) is 36.8 Å². The minimum absolute atomic E-state index is 0.0328. The molecule has 0 fully saturated rings. The fourth-order valence-electron chi connectivity index (χ4n) is 2.46. The van der Waals surface area contributed by atoms with Gasteiger partial charge in [0.15, 0.2) is 0 Å². The van der Waals surface area contributed by atoms with Gasteiger partial charge in [0.25, 0.3) is 0 Å². The van der Waals surface area contributed by atoms with E-state index in [1.165, 1.54) is 23.9 Å². The number of sulfonamides is 1. The Bertz CT molecular complexity index is 1050. The van der Waals surface area contributed by atoms with Gasteiger partial charge in [-0.2, -0.15) is 0 Å². The summed E-state index contributed by atoms with van der Waals surface area (Å²) >= 11 is 1.24. The molecule has 2 aromatic carbocycles. The number of amides is 1. The zero-order chi connectivity index (χ0) is 20.1. The fourth-order valence-corrected chi connectivity index (χ4v) is 3.59. The van der Waals surface area contributed by atoms with Crippen LogP contribution in [0.4, 0.5) is 0 Å². The summed E-state index contributed by atoms with van der Waals surface area (Å²) in [4.78, 5) is 16.4. The van der Waals surface area contributed by atoms with Crippen molar-refractivity contribution in [3.8, 4) is 5.69 Å². The minimum atomic E-state index is -3.73. The van der Waals surface area contributed by atoms with E-state index in [4.69, 9.17) is 5.14 Å². The number of carbonyl (C=O) groups is 1. The molecule has 0 aliphatic heterocycles. The Morgan fingerprint density at radius 1 is 1.18 bits per heavy atom. The van der Waals surface area contributed by atoms with E-state index >= 15 is 0 Å². The van der Waals surface area contributed by atoms with Crippen LogP contribution in [0.1, 0.15) is 18.5 Å². The van der Waals surface area contributed by atoms with Crippen LogP contribution in [0.25, 0.3) is 5.69 Å². The van der Waals surface area contributed by atoms with E-state index in [0.29, 0.717) is 5.16 Å². The lowest BCUT2D eigenvalue weighted by Crippen LogP contribution is -2.28. The number of benzene rings is 2. The first-order valence-electron chi connectivity index (χ1n) is 8.35. The van der Waals surface area contributed by atoms with Crippen LogP contribution in [0, 0.1) is 0 Å². The van der Waals surface area contributed by atoms with Crippen molar-refractivity contribution in [2.45, 2.75) is 23.0 Å². The van der Waals surface area contributed by atoms with E-state index in [1.54, 1.807) is 23.1 Å². The highest BCUT2D eigenvalue weighted by atomic mass is 32.2. The molecule has 0 aliphatic rings. The van der Waals surface area contributed by atoms with Crippen molar-refractivity contribution in [2.24, 2.45) is 5.14 Å². The third-order valence-electron chi connectivity index (χ3n) is 3.91. The summed E-state index contributed by atoms with van der Waals surface area (Å²) in [6, 6.07) is 15.4. The number of carbonyl (C=O) groups excluding carboxylic acids is 1. The van der Waals surface area contributed by atoms with Gasteiger partial charge in [-0.3, -0.25) is 4.79 Å². The molecule has 1 heterocycles. The zero-order valence-corrected chi connectivity index (χ0v) is 16.7. The van der Waals surface area contributed by atoms with E-state index in [1.807, 2.05) is 37.3 Å². The maximum Gasteiger partial charge on any atom is 0.238 e. The predicted octanol–water partition coefficient (Wildman–Crippen LogP) is 1.88. The third-order valence-corrected chi connectivity index (χ3v) is 5.69. The monoisotopic (exact) mass is 417 g/mol. The second-order valence-corrected chi connectivity index (χ2v) is 8.50. The lowest BCUT2D eigenvalue weighted by Gasteiger charge is -2.14. The highest BCUT2D eigenvalue weighted by molar-refractivity contribution is 7.99. The molecule has 1 atom stereocenters. The summed E-state index contributed by atoms with van der Waals surface area (Å²) in [6.07, 6.45) is 1.60. The smallest absolute Gasteiger partial charge is 0.238 e. The summed E-state index contributed by atoms with van der Waals surface area (Å²) in [5.74, 6) is -0.0117. The van der Waals surface area contributed by atoms with Crippen LogP contribution in [0.15, 0.2) is 71.0 Å². The van der Waals surface area contributed by atoms with Crippen LogP contribution < -0.4 is 10.5 Å². The first-order valence-corrected chi connectivity index (χ1v) is 10.9. The molecule has 146 valence electrons. The van der Waals surface area contributed by atoms with Gasteiger partial charge in [0.2, 0.25) is 21.1 Å². The van der Waals surface area contributed by atoms with Gasteiger partial charge in [0.05, 0.1) is 22.4 Å². The van der Waals surface area contributed by atoms with E-state index in [0.717, 1.165) is 11.3 Å². The molecule has 0 radical (unpaired) electrons. The van der Waals surface area contributed by atoms with Gasteiger partial charge >= 0.3 is 0 Å². The second-order valence-electron chi connectivity index (χ2n) is 6.00. The van der Waals surface area contributed by atoms with Gasteiger partial charge in [-0.25, -0.2) is 23.2 Å². The molecular formula is C18H19N5O3S2. The van der Waals surface area contributed by atoms with Crippen molar-refractivity contribution in [1.82, 2.24) is 20.1 Å². The highest BCUT2D eigenvalue weighted by Crippen LogP contribution is 2.17. The molecule has 3 rings (SSSR count). The summed E-state index contributed by atoms with van der Waals surface area (Å²) < 4.78 is 24.2. The van der Waals surface area contributed by atoms with Crippen molar-refractivity contribution in [1.29, 1.82) is 0 Å². The quantitative estimate of drug-likeness (QED) is 0.567. The van der Waals surface area contributed by atoms with Crippen molar-refractivity contribution in [3.63, 3.8) is 0 Å². The van der Waals surface area contributed by atoms with Crippen LogP contribution in [-0.2, 0) is 14.8 Å². The molecule has 3 aromatic rings. The van der Waals surface area contributed by atoms with Crippen LogP contribution in [0.3, 0.4) is 0 Å². The van der Waals surface area contributed by atoms with Gasteiger partial charge < -0.3 is 5.32 Å². The summed E-state index contributed by atoms with van der Waals surface area (Å²) in [7, 11) is -3.73. The number of primary sulfonamides is 1. The SMILES string of the molecule is CC(NC(=O)CSc1ncn(-c2ccccc2)n1)c1ccc(S(N)(=O)=O)cc1. The fraction of sp³-hybridized carbons (Fsp3) is 0.167. The van der Waals surface area contributed by atoms with E-state index in [9.17, 15) is 13.2 Å². The third kappa shape index (κ3) is 5.18. The normalized spacial score (nSPS) is 12.5. The number of para-hydroxylation sites is 1. The average Bonchev–Trinajstić information content (AvgIpc) is 3.15. The Labute approximate surface area is 167 Å². The average molecular weight is 418 g/mol. The Hall–Kier alpha value is -2.69. The summed E-state index contributed by atoms with van der Waals surface area (Å²) in [5.41, 5.74) is 1.67. The lowest BCUT2D eigenvalue weighted by molar-refractivity contribution is -0.119. The first-order chi connectivity index (χ1) is 13.3. The molecule has 10 heteroatoms. The molecular weight excluding hydrogens is 398 g/mol. The molecule has 0 bridgehead atoms. The molecule has 1 unspecified atom stereocenters. The number of nitrogens with one attached hydrogen (secondary N) is 1. The largest absolute Gasteiger partial charge is 0.349 e. The van der Waals surface area contributed by atoms with Gasteiger partial charge in [0, 0.05) is 0 Å². The van der Waals surface area contributed by atoms with Crippen LogP contribution in [-0.4, -0.2) is 34.8 Å². The Kier molecular flexibility index (Phi) is 6.12. The van der Waals surface area contributed by atoms with Crippen LogP contribution in [0.2, 0.25) is 0 Å². The lowest BCUT2D eigenvalue weighted by atomic mass is 10.1. The molecule has 8 nitrogen and oxygen atoms in total.